The quantitative estimate of drug-likeness (QED) is 0.0345. The smallest absolute Gasteiger partial charge is 0.306 e. The number of hydrogen-bond acceptors (Lipinski definition) is 5. The number of carbonyl (C=O) groups excluding carboxylic acids is 2. The summed E-state index contributed by atoms with van der Waals surface area (Å²) in [5.74, 6) is -0.432. The van der Waals surface area contributed by atoms with E-state index in [-0.39, 0.29) is 25.2 Å². The Kier molecular flexibility index (Phi) is 60.9. The summed E-state index contributed by atoms with van der Waals surface area (Å²) in [7, 11) is 0. The van der Waals surface area contributed by atoms with Crippen LogP contribution in [-0.2, 0) is 23.8 Å². The number of allylic oxidation sites excluding steroid dienone is 18. The molecule has 0 saturated heterocycles. The maximum atomic E-state index is 12.9. The minimum absolute atomic E-state index is 0.0547. The third kappa shape index (κ3) is 61.1. The van der Waals surface area contributed by atoms with E-state index < -0.39 is 6.10 Å². The second-order valence-corrected chi connectivity index (χ2v) is 20.6. The van der Waals surface area contributed by atoms with Gasteiger partial charge >= 0.3 is 11.9 Å². The molecule has 5 heteroatoms. The molecule has 5 nitrogen and oxygen atoms in total. The lowest BCUT2D eigenvalue weighted by molar-refractivity contribution is -0.163. The minimum Gasteiger partial charge on any atom is -0.462 e. The van der Waals surface area contributed by atoms with Gasteiger partial charge in [-0.3, -0.25) is 9.59 Å². The summed E-state index contributed by atoms with van der Waals surface area (Å²) in [6.45, 7) is 7.56. The normalized spacial score (nSPS) is 13.0. The first kappa shape index (κ1) is 70.6. The molecule has 0 saturated carbocycles. The molecule has 0 heterocycles. The first-order chi connectivity index (χ1) is 36.6. The summed E-state index contributed by atoms with van der Waals surface area (Å²) >= 11 is 0. The molecule has 74 heavy (non-hydrogen) atoms. The lowest BCUT2D eigenvalue weighted by Crippen LogP contribution is -2.30. The molecular weight excluding hydrogens is 909 g/mol. The van der Waals surface area contributed by atoms with Gasteiger partial charge in [-0.05, 0) is 122 Å². The van der Waals surface area contributed by atoms with Crippen LogP contribution in [0, 0.1) is 0 Å². The molecule has 0 aromatic carbocycles. The van der Waals surface area contributed by atoms with Crippen molar-refractivity contribution in [3.63, 3.8) is 0 Å². The fraction of sp³-hybridized carbons (Fsp3) is 0.710. The second-order valence-electron chi connectivity index (χ2n) is 20.6. The highest BCUT2D eigenvalue weighted by Crippen LogP contribution is 2.15. The van der Waals surface area contributed by atoms with E-state index in [0.29, 0.717) is 19.4 Å². The lowest BCUT2D eigenvalue weighted by atomic mass is 10.1. The summed E-state index contributed by atoms with van der Waals surface area (Å²) in [5.41, 5.74) is 0. The number of esters is 2. The van der Waals surface area contributed by atoms with Gasteiger partial charge in [0.1, 0.15) is 6.61 Å². The van der Waals surface area contributed by atoms with Crippen LogP contribution in [0.15, 0.2) is 109 Å². The molecule has 0 aliphatic heterocycles. The van der Waals surface area contributed by atoms with E-state index in [2.05, 4.69) is 130 Å². The summed E-state index contributed by atoms with van der Waals surface area (Å²) in [4.78, 5) is 25.6. The van der Waals surface area contributed by atoms with Crippen LogP contribution in [0.25, 0.3) is 0 Å². The number of carbonyl (C=O) groups is 2. The molecule has 1 unspecified atom stereocenters. The van der Waals surface area contributed by atoms with Gasteiger partial charge in [0.2, 0.25) is 0 Å². The molecule has 0 aromatic heterocycles. The summed E-state index contributed by atoms with van der Waals surface area (Å²) in [6.07, 6.45) is 88.4. The van der Waals surface area contributed by atoms with Gasteiger partial charge in [0, 0.05) is 19.4 Å². The molecule has 424 valence electrons. The molecule has 0 bridgehead atoms. The van der Waals surface area contributed by atoms with Crippen molar-refractivity contribution in [1.29, 1.82) is 0 Å². The van der Waals surface area contributed by atoms with Crippen LogP contribution in [-0.4, -0.2) is 37.9 Å². The van der Waals surface area contributed by atoms with E-state index in [1.165, 1.54) is 161 Å². The molecule has 0 radical (unpaired) electrons. The predicted molar refractivity (Wildman–Crippen MR) is 325 cm³/mol. The van der Waals surface area contributed by atoms with Crippen molar-refractivity contribution in [3.8, 4) is 0 Å². The van der Waals surface area contributed by atoms with Crippen molar-refractivity contribution < 1.29 is 23.8 Å². The van der Waals surface area contributed by atoms with E-state index in [9.17, 15) is 9.59 Å². The zero-order valence-corrected chi connectivity index (χ0v) is 48.8. The second kappa shape index (κ2) is 63.8. The van der Waals surface area contributed by atoms with Crippen molar-refractivity contribution in [3.05, 3.63) is 109 Å². The van der Waals surface area contributed by atoms with Crippen LogP contribution in [0.1, 0.15) is 290 Å². The maximum absolute atomic E-state index is 12.9. The van der Waals surface area contributed by atoms with Gasteiger partial charge in [0.15, 0.2) is 6.10 Å². The average molecular weight is 1030 g/mol. The molecule has 0 spiro atoms. The molecule has 0 fully saturated rings. The lowest BCUT2D eigenvalue weighted by Gasteiger charge is -2.18. The van der Waals surface area contributed by atoms with Crippen LogP contribution in [0.5, 0.6) is 0 Å². The molecular formula is C69H118O5. The maximum Gasteiger partial charge on any atom is 0.306 e. The molecule has 0 aliphatic rings. The Labute approximate surface area is 459 Å². The predicted octanol–water partition coefficient (Wildman–Crippen LogP) is 21.9. The van der Waals surface area contributed by atoms with E-state index in [1.807, 2.05) is 0 Å². The van der Waals surface area contributed by atoms with Crippen LogP contribution >= 0.6 is 0 Å². The summed E-state index contributed by atoms with van der Waals surface area (Å²) < 4.78 is 17.5. The molecule has 0 aliphatic carbocycles. The Morgan fingerprint density at radius 2 is 0.608 bits per heavy atom. The average Bonchev–Trinajstić information content (AvgIpc) is 3.40. The molecule has 1 atom stereocenters. The van der Waals surface area contributed by atoms with E-state index in [1.54, 1.807) is 0 Å². The van der Waals surface area contributed by atoms with Gasteiger partial charge in [-0.15, -0.1) is 0 Å². The first-order valence-electron chi connectivity index (χ1n) is 31.4. The van der Waals surface area contributed by atoms with Crippen molar-refractivity contribution in [2.75, 3.05) is 19.8 Å². The van der Waals surface area contributed by atoms with Crippen molar-refractivity contribution in [2.24, 2.45) is 0 Å². The highest BCUT2D eigenvalue weighted by atomic mass is 16.6. The van der Waals surface area contributed by atoms with Crippen molar-refractivity contribution in [2.45, 2.75) is 297 Å². The Balaban J connectivity index is 4.39. The van der Waals surface area contributed by atoms with Gasteiger partial charge in [-0.25, -0.2) is 0 Å². The van der Waals surface area contributed by atoms with E-state index in [4.69, 9.17) is 14.2 Å². The topological polar surface area (TPSA) is 61.8 Å². The van der Waals surface area contributed by atoms with Crippen LogP contribution in [0.3, 0.4) is 0 Å². The van der Waals surface area contributed by atoms with Gasteiger partial charge in [-0.2, -0.15) is 0 Å². The van der Waals surface area contributed by atoms with Gasteiger partial charge < -0.3 is 14.2 Å². The molecule has 0 amide bonds. The van der Waals surface area contributed by atoms with Gasteiger partial charge in [0.25, 0.3) is 0 Å². The zero-order valence-electron chi connectivity index (χ0n) is 48.8. The number of ether oxygens (including phenoxy) is 3. The fourth-order valence-electron chi connectivity index (χ4n) is 8.61. The Morgan fingerprint density at radius 1 is 0.311 bits per heavy atom. The summed E-state index contributed by atoms with van der Waals surface area (Å²) in [6, 6.07) is 0. The number of hydrogen-bond donors (Lipinski definition) is 0. The highest BCUT2D eigenvalue weighted by molar-refractivity contribution is 5.70. The third-order valence-electron chi connectivity index (χ3n) is 13.3. The first-order valence-corrected chi connectivity index (χ1v) is 31.4. The highest BCUT2D eigenvalue weighted by Gasteiger charge is 2.17. The molecule has 0 N–H and O–H groups in total. The third-order valence-corrected chi connectivity index (χ3v) is 13.3. The SMILES string of the molecule is CC/C=C\C/C=C\C/C=C\C/C=C\C/C=C\C/C=C\CCCOCC(COC(=O)CCCCCCCCCCC/C=C\C/C=C\CCCCC)OC(=O)CCCCCCCCCCC/C=C\CCCCCCCC. The Hall–Kier alpha value is -3.44. The zero-order chi connectivity index (χ0) is 53.4. The Morgan fingerprint density at radius 3 is 1.01 bits per heavy atom. The van der Waals surface area contributed by atoms with Crippen LogP contribution in [0.2, 0.25) is 0 Å². The Bertz CT molecular complexity index is 1440. The number of rotatable bonds is 57. The van der Waals surface area contributed by atoms with Crippen LogP contribution in [0.4, 0.5) is 0 Å². The fourth-order valence-corrected chi connectivity index (χ4v) is 8.61. The number of unbranched alkanes of at least 4 members (excludes halogenated alkanes) is 28. The van der Waals surface area contributed by atoms with Gasteiger partial charge in [0.05, 0.1) is 6.61 Å². The monoisotopic (exact) mass is 1030 g/mol. The summed E-state index contributed by atoms with van der Waals surface area (Å²) in [5, 5.41) is 0. The van der Waals surface area contributed by atoms with E-state index in [0.717, 1.165) is 96.3 Å². The van der Waals surface area contributed by atoms with Crippen LogP contribution < -0.4 is 0 Å². The van der Waals surface area contributed by atoms with Crippen molar-refractivity contribution in [1.82, 2.24) is 0 Å². The minimum atomic E-state index is -0.577. The standard InChI is InChI=1S/C69H118O5/c1-4-7-10-13-16-19-22-25-28-31-34-37-40-43-46-49-52-55-58-61-64-72-65-67(74-69(71)63-60-57-54-51-48-45-42-39-36-33-30-27-24-21-18-15-12-9-6-3)66-73-68(70)62-59-56-53-50-47-44-41-38-35-32-29-26-23-20-17-14-11-8-5-2/h7,10,16-17,19-20,25-30,34,37,43,46,52,55,67H,4-6,8-9,11-15,18,21-24,31-33,35-36,38-42,44-45,47-51,53-54,56-66H2,1-3H3/b10-7-,19-16-,20-17-,28-25-,29-26-,30-27-,37-34-,46-43-,55-52-. The van der Waals surface area contributed by atoms with E-state index >= 15 is 0 Å². The molecule has 0 rings (SSSR count). The van der Waals surface area contributed by atoms with Crippen molar-refractivity contribution >= 4 is 11.9 Å². The molecule has 0 aromatic rings. The van der Waals surface area contributed by atoms with Gasteiger partial charge in [-0.1, -0.05) is 265 Å². The largest absolute Gasteiger partial charge is 0.462 e.